The molecule has 19 heavy (non-hydrogen) atoms. The highest BCUT2D eigenvalue weighted by Gasteiger charge is 2.16. The van der Waals surface area contributed by atoms with Crippen LogP contribution in [0.4, 0.5) is 11.4 Å². The Hall–Kier alpha value is -2.21. The Morgan fingerprint density at radius 1 is 1.42 bits per heavy atom. The van der Waals surface area contributed by atoms with Crippen LogP contribution in [0.3, 0.4) is 0 Å². The van der Waals surface area contributed by atoms with Crippen LogP contribution in [0.25, 0.3) is 10.9 Å². The number of nitro benzene ring substituents is 1. The number of nitrogens with zero attached hydrogens (tertiary/aromatic N) is 3. The fraction of sp³-hybridized carbons (Fsp3) is 0.308. The van der Waals surface area contributed by atoms with Gasteiger partial charge in [-0.1, -0.05) is 0 Å². The molecule has 100 valence electrons. The number of pyridine rings is 1. The van der Waals surface area contributed by atoms with Gasteiger partial charge in [0.05, 0.1) is 16.0 Å². The number of hydrogen-bond acceptors (Lipinski definition) is 5. The van der Waals surface area contributed by atoms with Gasteiger partial charge in [0.2, 0.25) is 0 Å². The van der Waals surface area contributed by atoms with Crippen molar-refractivity contribution in [1.29, 1.82) is 0 Å². The van der Waals surface area contributed by atoms with Gasteiger partial charge < -0.3 is 10.6 Å². The molecule has 2 rings (SSSR count). The molecule has 2 aromatic rings. The molecule has 1 aromatic heterocycles. The highest BCUT2D eigenvalue weighted by molar-refractivity contribution is 5.96. The van der Waals surface area contributed by atoms with E-state index in [1.165, 1.54) is 6.07 Å². The van der Waals surface area contributed by atoms with Crippen molar-refractivity contribution in [2.45, 2.75) is 6.42 Å². The first kappa shape index (κ1) is 13.2. The lowest BCUT2D eigenvalue weighted by atomic mass is 10.1. The smallest absolute Gasteiger partial charge is 0.278 e. The van der Waals surface area contributed by atoms with E-state index in [4.69, 9.17) is 5.73 Å². The van der Waals surface area contributed by atoms with Crippen molar-refractivity contribution in [1.82, 2.24) is 4.98 Å². The molecule has 0 aliphatic carbocycles. The molecule has 2 N–H and O–H groups in total. The van der Waals surface area contributed by atoms with Crippen molar-refractivity contribution in [3.63, 3.8) is 0 Å². The topological polar surface area (TPSA) is 85.3 Å². The molecule has 0 unspecified atom stereocenters. The summed E-state index contributed by atoms with van der Waals surface area (Å²) < 4.78 is 0. The maximum absolute atomic E-state index is 11.0. The second kappa shape index (κ2) is 5.62. The van der Waals surface area contributed by atoms with Gasteiger partial charge in [0.1, 0.15) is 5.52 Å². The summed E-state index contributed by atoms with van der Waals surface area (Å²) in [4.78, 5) is 16.9. The minimum absolute atomic E-state index is 0.0825. The third kappa shape index (κ3) is 2.63. The number of anilines is 1. The van der Waals surface area contributed by atoms with Gasteiger partial charge in [-0.05, 0) is 31.2 Å². The van der Waals surface area contributed by atoms with Crippen molar-refractivity contribution in [2.75, 3.05) is 25.0 Å². The lowest BCUT2D eigenvalue weighted by molar-refractivity contribution is -0.383. The summed E-state index contributed by atoms with van der Waals surface area (Å²) in [6, 6.07) is 6.70. The van der Waals surface area contributed by atoms with E-state index in [1.807, 2.05) is 11.9 Å². The standard InChI is InChI=1S/C13H16N4O2/c1-16(9-3-7-14)12-6-5-11(17(18)19)10-4-2-8-15-13(10)12/h2,4-6,8H,3,7,9,14H2,1H3. The van der Waals surface area contributed by atoms with Crippen molar-refractivity contribution in [3.8, 4) is 0 Å². The summed E-state index contributed by atoms with van der Waals surface area (Å²) >= 11 is 0. The van der Waals surface area contributed by atoms with E-state index in [0.29, 0.717) is 17.4 Å². The number of hydrogen-bond donors (Lipinski definition) is 1. The number of nitrogens with two attached hydrogens (primary N) is 1. The summed E-state index contributed by atoms with van der Waals surface area (Å²) in [5, 5.41) is 11.6. The largest absolute Gasteiger partial charge is 0.373 e. The van der Waals surface area contributed by atoms with E-state index in [0.717, 1.165) is 18.7 Å². The highest BCUT2D eigenvalue weighted by atomic mass is 16.6. The van der Waals surface area contributed by atoms with Gasteiger partial charge in [-0.25, -0.2) is 0 Å². The van der Waals surface area contributed by atoms with Gasteiger partial charge in [0.15, 0.2) is 0 Å². The zero-order valence-electron chi connectivity index (χ0n) is 10.7. The third-order valence-electron chi connectivity index (χ3n) is 3.03. The fourth-order valence-corrected chi connectivity index (χ4v) is 2.06. The van der Waals surface area contributed by atoms with Crippen LogP contribution in [0.2, 0.25) is 0 Å². The Bertz CT molecular complexity index is 600. The van der Waals surface area contributed by atoms with Gasteiger partial charge in [0.25, 0.3) is 5.69 Å². The van der Waals surface area contributed by atoms with Crippen LogP contribution in [0.15, 0.2) is 30.5 Å². The number of benzene rings is 1. The van der Waals surface area contributed by atoms with E-state index in [1.54, 1.807) is 24.4 Å². The molecule has 0 fully saturated rings. The van der Waals surface area contributed by atoms with Gasteiger partial charge >= 0.3 is 0 Å². The molecular formula is C13H16N4O2. The molecule has 0 saturated carbocycles. The zero-order chi connectivity index (χ0) is 13.8. The predicted molar refractivity (Wildman–Crippen MR) is 75.3 cm³/mol. The zero-order valence-corrected chi connectivity index (χ0v) is 10.7. The van der Waals surface area contributed by atoms with Crippen LogP contribution in [0, 0.1) is 10.1 Å². The average Bonchev–Trinajstić information content (AvgIpc) is 2.43. The van der Waals surface area contributed by atoms with Crippen LogP contribution in [-0.2, 0) is 0 Å². The Morgan fingerprint density at radius 3 is 2.89 bits per heavy atom. The molecule has 6 nitrogen and oxygen atoms in total. The second-order valence-electron chi connectivity index (χ2n) is 4.32. The molecule has 1 heterocycles. The summed E-state index contributed by atoms with van der Waals surface area (Å²) in [6.07, 6.45) is 2.51. The Labute approximate surface area is 111 Å². The highest BCUT2D eigenvalue weighted by Crippen LogP contribution is 2.31. The first-order chi connectivity index (χ1) is 9.15. The lowest BCUT2D eigenvalue weighted by Gasteiger charge is -2.20. The molecule has 0 saturated heterocycles. The Kier molecular flexibility index (Phi) is 3.91. The number of fused-ring (bicyclic) bond motifs is 1. The molecule has 0 aliphatic rings. The van der Waals surface area contributed by atoms with Crippen molar-refractivity contribution in [3.05, 3.63) is 40.6 Å². The van der Waals surface area contributed by atoms with Crippen LogP contribution in [0.5, 0.6) is 0 Å². The number of nitro groups is 1. The van der Waals surface area contributed by atoms with Crippen molar-refractivity contribution in [2.24, 2.45) is 5.73 Å². The van der Waals surface area contributed by atoms with Gasteiger partial charge in [0, 0.05) is 25.9 Å². The van der Waals surface area contributed by atoms with Crippen LogP contribution in [0.1, 0.15) is 6.42 Å². The van der Waals surface area contributed by atoms with E-state index in [-0.39, 0.29) is 10.6 Å². The van der Waals surface area contributed by atoms with Crippen LogP contribution in [-0.4, -0.2) is 30.0 Å². The minimum atomic E-state index is -0.381. The maximum atomic E-state index is 11.0. The third-order valence-corrected chi connectivity index (χ3v) is 3.03. The molecule has 1 aromatic carbocycles. The molecule has 0 aliphatic heterocycles. The number of rotatable bonds is 5. The van der Waals surface area contributed by atoms with Gasteiger partial charge in [-0.2, -0.15) is 0 Å². The minimum Gasteiger partial charge on any atom is -0.373 e. The van der Waals surface area contributed by atoms with E-state index < -0.39 is 0 Å². The first-order valence-electron chi connectivity index (χ1n) is 6.08. The number of aromatic nitrogens is 1. The molecule has 0 atom stereocenters. The van der Waals surface area contributed by atoms with E-state index in [9.17, 15) is 10.1 Å². The molecule has 0 bridgehead atoms. The van der Waals surface area contributed by atoms with E-state index in [2.05, 4.69) is 4.98 Å². The quantitative estimate of drug-likeness (QED) is 0.655. The molecule has 0 spiro atoms. The predicted octanol–water partition coefficient (Wildman–Crippen LogP) is 1.93. The van der Waals surface area contributed by atoms with Crippen LogP contribution >= 0.6 is 0 Å². The fourth-order valence-electron chi connectivity index (χ4n) is 2.06. The van der Waals surface area contributed by atoms with Crippen LogP contribution < -0.4 is 10.6 Å². The summed E-state index contributed by atoms with van der Waals surface area (Å²) in [6.45, 7) is 1.41. The molecule has 0 radical (unpaired) electrons. The summed E-state index contributed by atoms with van der Waals surface area (Å²) in [5.41, 5.74) is 7.12. The summed E-state index contributed by atoms with van der Waals surface area (Å²) in [5.74, 6) is 0. The lowest BCUT2D eigenvalue weighted by Crippen LogP contribution is -2.21. The Balaban J connectivity index is 2.52. The average molecular weight is 260 g/mol. The van der Waals surface area contributed by atoms with Gasteiger partial charge in [-0.3, -0.25) is 15.1 Å². The molecule has 0 amide bonds. The van der Waals surface area contributed by atoms with Crippen molar-refractivity contribution < 1.29 is 4.92 Å². The normalized spacial score (nSPS) is 10.6. The van der Waals surface area contributed by atoms with Gasteiger partial charge in [-0.15, -0.1) is 0 Å². The number of non-ortho nitro benzene ring substituents is 1. The maximum Gasteiger partial charge on any atom is 0.278 e. The van der Waals surface area contributed by atoms with E-state index >= 15 is 0 Å². The Morgan fingerprint density at radius 2 is 2.21 bits per heavy atom. The first-order valence-corrected chi connectivity index (χ1v) is 6.08. The summed E-state index contributed by atoms with van der Waals surface area (Å²) in [7, 11) is 1.94. The molecule has 6 heteroatoms. The molecular weight excluding hydrogens is 244 g/mol. The monoisotopic (exact) mass is 260 g/mol. The second-order valence-corrected chi connectivity index (χ2v) is 4.32. The SMILES string of the molecule is CN(CCCN)c1ccc([N+](=O)[O-])c2cccnc12. The van der Waals surface area contributed by atoms with Crippen molar-refractivity contribution >= 4 is 22.3 Å².